The lowest BCUT2D eigenvalue weighted by Gasteiger charge is -2.26. The summed E-state index contributed by atoms with van der Waals surface area (Å²) in [7, 11) is 0. The summed E-state index contributed by atoms with van der Waals surface area (Å²) in [6.45, 7) is 0. The number of nitrogens with zero attached hydrogens (tertiary/aromatic N) is 2. The molecule has 0 fully saturated rings. The maximum absolute atomic E-state index is 2.41. The fourth-order valence-electron chi connectivity index (χ4n) is 8.93. The Bertz CT molecular complexity index is 3240. The van der Waals surface area contributed by atoms with E-state index in [0.29, 0.717) is 0 Å². The van der Waals surface area contributed by atoms with E-state index in [0.717, 1.165) is 17.1 Å². The number of hydrogen-bond acceptors (Lipinski definition) is 1. The molecule has 0 N–H and O–H groups in total. The lowest BCUT2D eigenvalue weighted by atomic mass is 9.98. The summed E-state index contributed by atoms with van der Waals surface area (Å²) in [5.74, 6) is 0. The molecule has 0 amide bonds. The van der Waals surface area contributed by atoms with E-state index in [9.17, 15) is 0 Å². The third kappa shape index (κ3) is 6.94. The van der Waals surface area contributed by atoms with Crippen LogP contribution < -0.4 is 4.90 Å². The van der Waals surface area contributed by atoms with Crippen LogP contribution in [-0.4, -0.2) is 4.57 Å². The van der Waals surface area contributed by atoms with Gasteiger partial charge < -0.3 is 9.47 Å². The predicted octanol–water partition coefficient (Wildman–Crippen LogP) is 16.6. The van der Waals surface area contributed by atoms with Gasteiger partial charge in [0.2, 0.25) is 0 Å². The second-order valence-corrected chi connectivity index (χ2v) is 15.8. The van der Waals surface area contributed by atoms with Crippen molar-refractivity contribution in [3.05, 3.63) is 255 Å². The number of aromatic nitrogens is 1. The highest BCUT2D eigenvalue weighted by molar-refractivity contribution is 6.09. The molecule has 0 saturated heterocycles. The van der Waals surface area contributed by atoms with Crippen molar-refractivity contribution in [1.29, 1.82) is 0 Å². The van der Waals surface area contributed by atoms with Crippen molar-refractivity contribution >= 4 is 38.9 Å². The monoisotopic (exact) mass is 790 g/mol. The quantitative estimate of drug-likeness (QED) is 0.141. The van der Waals surface area contributed by atoms with Gasteiger partial charge in [0.15, 0.2) is 0 Å². The summed E-state index contributed by atoms with van der Waals surface area (Å²) >= 11 is 0. The summed E-state index contributed by atoms with van der Waals surface area (Å²) in [6.07, 6.45) is 0. The maximum atomic E-state index is 2.41. The third-order valence-corrected chi connectivity index (χ3v) is 12.0. The van der Waals surface area contributed by atoms with Gasteiger partial charge in [-0.25, -0.2) is 0 Å². The van der Waals surface area contributed by atoms with Gasteiger partial charge in [-0.15, -0.1) is 0 Å². The number of anilines is 3. The molecule has 0 aliphatic rings. The molecular formula is C60H42N2. The van der Waals surface area contributed by atoms with Crippen molar-refractivity contribution in [1.82, 2.24) is 4.57 Å². The van der Waals surface area contributed by atoms with Crippen LogP contribution in [0.25, 0.3) is 83.1 Å². The van der Waals surface area contributed by atoms with Gasteiger partial charge in [-0.1, -0.05) is 194 Å². The lowest BCUT2D eigenvalue weighted by molar-refractivity contribution is 1.18. The van der Waals surface area contributed by atoms with E-state index in [1.807, 2.05) is 0 Å². The predicted molar refractivity (Wildman–Crippen MR) is 263 cm³/mol. The molecule has 0 saturated carbocycles. The SMILES string of the molecule is c1ccc(-c2ccc(N(c3ccc(-c4ccc(-c5ccccc5-n5c6ccccc6c6ccccc65)cc4)cc3)c3ccc(-c4cccc(-c5ccccc5)c4)cc3)cc2)cc1. The van der Waals surface area contributed by atoms with Crippen LogP contribution in [0.1, 0.15) is 0 Å². The number of hydrogen-bond donors (Lipinski definition) is 0. The van der Waals surface area contributed by atoms with Crippen LogP contribution in [0.3, 0.4) is 0 Å². The zero-order valence-corrected chi connectivity index (χ0v) is 34.1. The molecule has 1 heterocycles. The first kappa shape index (κ1) is 36.8. The average molecular weight is 791 g/mol. The second kappa shape index (κ2) is 16.1. The van der Waals surface area contributed by atoms with Gasteiger partial charge in [0.05, 0.1) is 16.7 Å². The molecular weight excluding hydrogens is 749 g/mol. The fourth-order valence-corrected chi connectivity index (χ4v) is 8.93. The molecule has 0 unspecified atom stereocenters. The lowest BCUT2D eigenvalue weighted by Crippen LogP contribution is -2.09. The van der Waals surface area contributed by atoms with Crippen molar-refractivity contribution in [3.8, 4) is 61.3 Å². The molecule has 0 spiro atoms. The minimum absolute atomic E-state index is 1.09. The molecule has 2 heteroatoms. The summed E-state index contributed by atoms with van der Waals surface area (Å²) in [5.41, 5.74) is 18.8. The first-order chi connectivity index (χ1) is 30.7. The van der Waals surface area contributed by atoms with Crippen molar-refractivity contribution in [2.75, 3.05) is 4.90 Å². The van der Waals surface area contributed by atoms with Gasteiger partial charge >= 0.3 is 0 Å². The Balaban J connectivity index is 0.915. The van der Waals surface area contributed by atoms with Gasteiger partial charge in [0.25, 0.3) is 0 Å². The third-order valence-electron chi connectivity index (χ3n) is 12.0. The molecule has 0 aliphatic heterocycles. The molecule has 11 rings (SSSR count). The zero-order chi connectivity index (χ0) is 41.2. The van der Waals surface area contributed by atoms with Crippen LogP contribution >= 0.6 is 0 Å². The van der Waals surface area contributed by atoms with Gasteiger partial charge in [-0.2, -0.15) is 0 Å². The Morgan fingerprint density at radius 2 is 0.581 bits per heavy atom. The minimum Gasteiger partial charge on any atom is -0.311 e. The fraction of sp³-hybridized carbons (Fsp3) is 0. The number of benzene rings is 10. The van der Waals surface area contributed by atoms with E-state index in [1.165, 1.54) is 83.1 Å². The van der Waals surface area contributed by atoms with Gasteiger partial charge in [-0.3, -0.25) is 0 Å². The molecule has 0 radical (unpaired) electrons. The van der Waals surface area contributed by atoms with E-state index >= 15 is 0 Å². The van der Waals surface area contributed by atoms with Crippen LogP contribution in [0.2, 0.25) is 0 Å². The van der Waals surface area contributed by atoms with Crippen LogP contribution in [0.4, 0.5) is 17.1 Å². The number of rotatable bonds is 9. The Morgan fingerprint density at radius 3 is 1.08 bits per heavy atom. The van der Waals surface area contributed by atoms with E-state index < -0.39 is 0 Å². The van der Waals surface area contributed by atoms with Crippen molar-refractivity contribution in [2.45, 2.75) is 0 Å². The molecule has 11 aromatic rings. The molecule has 0 atom stereocenters. The van der Waals surface area contributed by atoms with Crippen molar-refractivity contribution in [3.63, 3.8) is 0 Å². The Hall–Kier alpha value is -8.20. The van der Waals surface area contributed by atoms with Gasteiger partial charge in [-0.05, 0) is 111 Å². The summed E-state index contributed by atoms with van der Waals surface area (Å²) in [5, 5.41) is 2.53. The standard InChI is InChI=1S/C60H42N2/c1-3-14-43(15-4-1)46-30-36-52(37-31-46)61(54-40-34-48(35-41-54)51-19-13-18-50(42-51)44-16-5-2-6-17-44)53-38-32-47(33-39-53)45-26-28-49(29-27-45)55-20-7-10-23-58(55)62-59-24-11-8-21-56(59)57-22-9-12-25-60(57)62/h1-42H. The number of fused-ring (bicyclic) bond motifs is 3. The largest absolute Gasteiger partial charge is 0.311 e. The highest BCUT2D eigenvalue weighted by atomic mass is 15.1. The highest BCUT2D eigenvalue weighted by Gasteiger charge is 2.17. The van der Waals surface area contributed by atoms with E-state index in [1.54, 1.807) is 0 Å². The molecule has 62 heavy (non-hydrogen) atoms. The van der Waals surface area contributed by atoms with Crippen molar-refractivity contribution in [2.24, 2.45) is 0 Å². The van der Waals surface area contributed by atoms with Gasteiger partial charge in [0, 0.05) is 33.4 Å². The van der Waals surface area contributed by atoms with Crippen LogP contribution in [0.5, 0.6) is 0 Å². The molecule has 292 valence electrons. The molecule has 0 aliphatic carbocycles. The summed E-state index contributed by atoms with van der Waals surface area (Å²) < 4.78 is 2.41. The van der Waals surface area contributed by atoms with E-state index in [-0.39, 0.29) is 0 Å². The van der Waals surface area contributed by atoms with Crippen molar-refractivity contribution < 1.29 is 0 Å². The topological polar surface area (TPSA) is 8.17 Å². The molecule has 2 nitrogen and oxygen atoms in total. The van der Waals surface area contributed by atoms with E-state index in [2.05, 4.69) is 264 Å². The average Bonchev–Trinajstić information content (AvgIpc) is 3.70. The minimum atomic E-state index is 1.09. The van der Waals surface area contributed by atoms with Crippen LogP contribution in [0.15, 0.2) is 255 Å². The first-order valence-electron chi connectivity index (χ1n) is 21.3. The van der Waals surface area contributed by atoms with Gasteiger partial charge in [0.1, 0.15) is 0 Å². The van der Waals surface area contributed by atoms with E-state index in [4.69, 9.17) is 0 Å². The Labute approximate surface area is 362 Å². The van der Waals surface area contributed by atoms with Crippen LogP contribution in [-0.2, 0) is 0 Å². The maximum Gasteiger partial charge on any atom is 0.0541 e. The van der Waals surface area contributed by atoms with Crippen LogP contribution in [0, 0.1) is 0 Å². The second-order valence-electron chi connectivity index (χ2n) is 15.8. The molecule has 10 aromatic carbocycles. The summed E-state index contributed by atoms with van der Waals surface area (Å²) in [6, 6.07) is 91.9. The summed E-state index contributed by atoms with van der Waals surface area (Å²) in [4.78, 5) is 2.34. The number of para-hydroxylation sites is 3. The molecule has 1 aromatic heterocycles. The normalized spacial score (nSPS) is 11.2. The smallest absolute Gasteiger partial charge is 0.0541 e. The highest BCUT2D eigenvalue weighted by Crippen LogP contribution is 2.40. The Kier molecular flexibility index (Phi) is 9.57. The molecule has 0 bridgehead atoms. The Morgan fingerprint density at radius 1 is 0.242 bits per heavy atom. The zero-order valence-electron chi connectivity index (χ0n) is 34.1. The first-order valence-corrected chi connectivity index (χ1v) is 21.3.